The van der Waals surface area contributed by atoms with Crippen molar-refractivity contribution in [2.24, 2.45) is 7.05 Å². The van der Waals surface area contributed by atoms with Crippen molar-refractivity contribution in [3.63, 3.8) is 0 Å². The number of anilines is 2. The highest BCUT2D eigenvalue weighted by atomic mass is 35.5. The molecule has 1 aromatic carbocycles. The lowest BCUT2D eigenvalue weighted by atomic mass is 10.2. The van der Waals surface area contributed by atoms with Gasteiger partial charge in [0.2, 0.25) is 0 Å². The maximum absolute atomic E-state index is 11.9. The molecule has 0 saturated heterocycles. The average Bonchev–Trinajstić information content (AvgIpc) is 2.79. The normalized spacial score (nSPS) is 10.3. The molecular formula is C13H15ClN4O2. The van der Waals surface area contributed by atoms with Gasteiger partial charge in [-0.2, -0.15) is 5.10 Å². The Balaban J connectivity index is 2.09. The number of hydrogen-bond donors (Lipinski definition) is 2. The Kier molecular flexibility index (Phi) is 4.60. The number of benzene rings is 1. The number of urea groups is 1. The van der Waals surface area contributed by atoms with Gasteiger partial charge in [-0.3, -0.25) is 10.00 Å². The fourth-order valence-electron chi connectivity index (χ4n) is 1.72. The van der Waals surface area contributed by atoms with E-state index in [2.05, 4.69) is 15.7 Å². The number of carbonyl (C=O) groups excluding carboxylic acids is 1. The van der Waals surface area contributed by atoms with Crippen molar-refractivity contribution in [1.82, 2.24) is 9.78 Å². The number of hydrogen-bond acceptors (Lipinski definition) is 3. The molecule has 0 fully saturated rings. The first-order chi connectivity index (χ1) is 9.60. The zero-order chi connectivity index (χ0) is 14.5. The van der Waals surface area contributed by atoms with Crippen molar-refractivity contribution in [3.8, 4) is 0 Å². The Morgan fingerprint density at radius 1 is 1.40 bits per heavy atom. The number of nitrogens with zero attached hydrogens (tertiary/aromatic N) is 2. The molecular weight excluding hydrogens is 280 g/mol. The third kappa shape index (κ3) is 3.49. The van der Waals surface area contributed by atoms with E-state index in [1.165, 1.54) is 0 Å². The quantitative estimate of drug-likeness (QED) is 0.911. The van der Waals surface area contributed by atoms with E-state index >= 15 is 0 Å². The number of rotatable bonds is 4. The van der Waals surface area contributed by atoms with E-state index in [4.69, 9.17) is 16.3 Å². The van der Waals surface area contributed by atoms with E-state index in [-0.39, 0.29) is 6.03 Å². The second kappa shape index (κ2) is 6.40. The van der Waals surface area contributed by atoms with E-state index < -0.39 is 0 Å². The SMILES string of the molecule is COCc1c(Cl)cccc1NC(=O)Nc1ccn(C)n1. The summed E-state index contributed by atoms with van der Waals surface area (Å²) in [5.41, 5.74) is 1.33. The van der Waals surface area contributed by atoms with Crippen molar-refractivity contribution in [2.45, 2.75) is 6.61 Å². The number of amides is 2. The number of aromatic nitrogens is 2. The summed E-state index contributed by atoms with van der Waals surface area (Å²) in [6.45, 7) is 0.318. The van der Waals surface area contributed by atoms with Gasteiger partial charge in [0, 0.05) is 42.7 Å². The minimum atomic E-state index is -0.386. The van der Waals surface area contributed by atoms with Gasteiger partial charge in [-0.15, -0.1) is 0 Å². The van der Waals surface area contributed by atoms with Crippen molar-refractivity contribution in [2.75, 3.05) is 17.7 Å². The molecule has 0 saturated carbocycles. The van der Waals surface area contributed by atoms with Crippen molar-refractivity contribution in [3.05, 3.63) is 41.0 Å². The van der Waals surface area contributed by atoms with E-state index in [0.29, 0.717) is 23.1 Å². The first-order valence-corrected chi connectivity index (χ1v) is 6.32. The van der Waals surface area contributed by atoms with Gasteiger partial charge in [-0.25, -0.2) is 4.79 Å². The molecule has 2 rings (SSSR count). The molecule has 1 heterocycles. The maximum atomic E-state index is 11.9. The standard InChI is InChI=1S/C13H15ClN4O2/c1-18-7-6-12(17-18)16-13(19)15-11-5-3-4-10(14)9(11)8-20-2/h3-7H,8H2,1-2H3,(H2,15,16,17,19). The summed E-state index contributed by atoms with van der Waals surface area (Å²) in [5, 5.41) is 9.97. The van der Waals surface area contributed by atoms with Crippen LogP contribution in [0.1, 0.15) is 5.56 Å². The van der Waals surface area contributed by atoms with Gasteiger partial charge in [-0.1, -0.05) is 17.7 Å². The Morgan fingerprint density at radius 2 is 2.20 bits per heavy atom. The van der Waals surface area contributed by atoms with E-state index in [0.717, 1.165) is 5.56 Å². The summed E-state index contributed by atoms with van der Waals surface area (Å²) in [6.07, 6.45) is 1.74. The maximum Gasteiger partial charge on any atom is 0.324 e. The predicted octanol–water partition coefficient (Wildman–Crippen LogP) is 2.86. The average molecular weight is 295 g/mol. The monoisotopic (exact) mass is 294 g/mol. The molecule has 20 heavy (non-hydrogen) atoms. The van der Waals surface area contributed by atoms with Crippen LogP contribution in [0.5, 0.6) is 0 Å². The molecule has 0 spiro atoms. The molecule has 0 aliphatic heterocycles. The second-order valence-electron chi connectivity index (χ2n) is 4.15. The lowest BCUT2D eigenvalue weighted by Gasteiger charge is -2.12. The van der Waals surface area contributed by atoms with Crippen LogP contribution in [-0.2, 0) is 18.4 Å². The van der Waals surface area contributed by atoms with Gasteiger partial charge in [0.05, 0.1) is 6.61 Å². The largest absolute Gasteiger partial charge is 0.380 e. The molecule has 0 aliphatic rings. The number of ether oxygens (including phenoxy) is 1. The zero-order valence-electron chi connectivity index (χ0n) is 11.2. The van der Waals surface area contributed by atoms with Gasteiger partial charge < -0.3 is 10.1 Å². The minimum Gasteiger partial charge on any atom is -0.380 e. The molecule has 0 atom stereocenters. The fourth-order valence-corrected chi connectivity index (χ4v) is 1.95. The first-order valence-electron chi connectivity index (χ1n) is 5.94. The number of halogens is 1. The Labute approximate surface area is 121 Å². The number of methoxy groups -OCH3 is 1. The summed E-state index contributed by atoms with van der Waals surface area (Å²) in [5.74, 6) is 0.473. The zero-order valence-corrected chi connectivity index (χ0v) is 11.9. The van der Waals surface area contributed by atoms with Crippen molar-refractivity contribution in [1.29, 1.82) is 0 Å². The third-order valence-corrected chi connectivity index (χ3v) is 2.97. The molecule has 6 nitrogen and oxygen atoms in total. The van der Waals surface area contributed by atoms with Crippen LogP contribution in [0.3, 0.4) is 0 Å². The van der Waals surface area contributed by atoms with Crippen molar-refractivity contribution < 1.29 is 9.53 Å². The van der Waals surface area contributed by atoms with Crippen LogP contribution in [0.25, 0.3) is 0 Å². The Hall–Kier alpha value is -2.05. The van der Waals surface area contributed by atoms with Crippen LogP contribution in [0.4, 0.5) is 16.3 Å². The second-order valence-corrected chi connectivity index (χ2v) is 4.56. The molecule has 2 amide bonds. The lowest BCUT2D eigenvalue weighted by molar-refractivity contribution is 0.185. The highest BCUT2D eigenvalue weighted by molar-refractivity contribution is 6.31. The summed E-state index contributed by atoms with van der Waals surface area (Å²) in [7, 11) is 3.35. The van der Waals surface area contributed by atoms with E-state index in [9.17, 15) is 4.79 Å². The summed E-state index contributed by atoms with van der Waals surface area (Å²) in [4.78, 5) is 11.9. The highest BCUT2D eigenvalue weighted by Gasteiger charge is 2.10. The van der Waals surface area contributed by atoms with Gasteiger partial charge >= 0.3 is 6.03 Å². The van der Waals surface area contributed by atoms with Crippen molar-refractivity contribution >= 4 is 29.1 Å². The molecule has 7 heteroatoms. The summed E-state index contributed by atoms with van der Waals surface area (Å²) >= 11 is 6.09. The van der Waals surface area contributed by atoms with Crippen LogP contribution < -0.4 is 10.6 Å². The van der Waals surface area contributed by atoms with Crippen LogP contribution in [0, 0.1) is 0 Å². The summed E-state index contributed by atoms with van der Waals surface area (Å²) < 4.78 is 6.68. The molecule has 0 bridgehead atoms. The lowest BCUT2D eigenvalue weighted by Crippen LogP contribution is -2.20. The topological polar surface area (TPSA) is 68.2 Å². The molecule has 0 radical (unpaired) electrons. The first kappa shape index (κ1) is 14.4. The van der Waals surface area contributed by atoms with Crippen LogP contribution in [0.15, 0.2) is 30.5 Å². The van der Waals surface area contributed by atoms with E-state index in [1.807, 2.05) is 0 Å². The summed E-state index contributed by atoms with van der Waals surface area (Å²) in [6, 6.07) is 6.59. The number of nitrogens with one attached hydrogen (secondary N) is 2. The predicted molar refractivity (Wildman–Crippen MR) is 78.0 cm³/mol. The van der Waals surface area contributed by atoms with Crippen LogP contribution in [-0.4, -0.2) is 22.9 Å². The molecule has 0 aliphatic carbocycles. The number of carbonyl (C=O) groups is 1. The molecule has 106 valence electrons. The van der Waals surface area contributed by atoms with Gasteiger partial charge in [-0.05, 0) is 12.1 Å². The Bertz CT molecular complexity index is 612. The van der Waals surface area contributed by atoms with Crippen LogP contribution >= 0.6 is 11.6 Å². The molecule has 2 N–H and O–H groups in total. The smallest absolute Gasteiger partial charge is 0.324 e. The fraction of sp³-hybridized carbons (Fsp3) is 0.231. The number of aryl methyl sites for hydroxylation is 1. The van der Waals surface area contributed by atoms with Gasteiger partial charge in [0.15, 0.2) is 5.82 Å². The van der Waals surface area contributed by atoms with Crippen LogP contribution in [0.2, 0.25) is 5.02 Å². The molecule has 0 unspecified atom stereocenters. The highest BCUT2D eigenvalue weighted by Crippen LogP contribution is 2.25. The van der Waals surface area contributed by atoms with E-state index in [1.54, 1.807) is 49.3 Å². The van der Waals surface area contributed by atoms with Gasteiger partial charge in [0.1, 0.15) is 0 Å². The van der Waals surface area contributed by atoms with Gasteiger partial charge in [0.25, 0.3) is 0 Å². The minimum absolute atomic E-state index is 0.318. The molecule has 2 aromatic rings. The Morgan fingerprint density at radius 3 is 2.85 bits per heavy atom. The third-order valence-electron chi connectivity index (χ3n) is 2.61. The molecule has 1 aromatic heterocycles.